The molecule has 1 atom stereocenters. The lowest BCUT2D eigenvalue weighted by Crippen LogP contribution is -2.29. The van der Waals surface area contributed by atoms with Crippen LogP contribution in [0, 0.1) is 6.92 Å². The Morgan fingerprint density at radius 3 is 2.95 bits per heavy atom. The Labute approximate surface area is 111 Å². The topological polar surface area (TPSA) is 96.7 Å². The lowest BCUT2D eigenvalue weighted by Gasteiger charge is -2.17. The van der Waals surface area contributed by atoms with Gasteiger partial charge in [0.05, 0.1) is 11.7 Å². The van der Waals surface area contributed by atoms with Gasteiger partial charge in [-0.15, -0.1) is 0 Å². The molecule has 1 amide bonds. The fourth-order valence-corrected chi connectivity index (χ4v) is 1.92. The van der Waals surface area contributed by atoms with Crippen LogP contribution in [0.3, 0.4) is 0 Å². The van der Waals surface area contributed by atoms with Crippen LogP contribution in [0.15, 0.2) is 24.4 Å². The van der Waals surface area contributed by atoms with E-state index in [1.54, 1.807) is 6.20 Å². The summed E-state index contributed by atoms with van der Waals surface area (Å²) in [7, 11) is 0. The number of nitrogens with zero attached hydrogens (tertiary/aromatic N) is 2. The Kier molecular flexibility index (Phi) is 3.79. The summed E-state index contributed by atoms with van der Waals surface area (Å²) in [5.41, 5.74) is 7.77. The van der Waals surface area contributed by atoms with Gasteiger partial charge >= 0.3 is 0 Å². The standard InChI is InChI=1S/C13H17N5O/c1-3-9(12-8(2)5-4-6-15-12)16-13(19)10-7-11(14)18-17-10/h4-7,9H,3H2,1-2H3,(H,16,19)(H3,14,17,18). The zero-order chi connectivity index (χ0) is 13.8. The number of nitrogens with two attached hydrogens (primary N) is 1. The van der Waals surface area contributed by atoms with Gasteiger partial charge in [0, 0.05) is 12.3 Å². The number of nitrogens with one attached hydrogen (secondary N) is 2. The highest BCUT2D eigenvalue weighted by molar-refractivity contribution is 5.93. The minimum absolute atomic E-state index is 0.127. The molecule has 2 rings (SSSR count). The van der Waals surface area contributed by atoms with Crippen LogP contribution in [-0.2, 0) is 0 Å². The van der Waals surface area contributed by atoms with Crippen LogP contribution in [0.25, 0.3) is 0 Å². The molecule has 0 bridgehead atoms. The predicted molar refractivity (Wildman–Crippen MR) is 72.5 cm³/mol. The Hall–Kier alpha value is -2.37. The Morgan fingerprint density at radius 2 is 2.37 bits per heavy atom. The molecule has 6 nitrogen and oxygen atoms in total. The average Bonchev–Trinajstić information content (AvgIpc) is 2.83. The normalized spacial score (nSPS) is 12.1. The van der Waals surface area contributed by atoms with Crippen molar-refractivity contribution in [3.8, 4) is 0 Å². The third-order valence-corrected chi connectivity index (χ3v) is 2.94. The van der Waals surface area contributed by atoms with E-state index in [2.05, 4.69) is 20.5 Å². The molecule has 2 aromatic rings. The summed E-state index contributed by atoms with van der Waals surface area (Å²) < 4.78 is 0. The van der Waals surface area contributed by atoms with Crippen LogP contribution in [0.4, 0.5) is 5.82 Å². The van der Waals surface area contributed by atoms with Crippen LogP contribution >= 0.6 is 0 Å². The lowest BCUT2D eigenvalue weighted by atomic mass is 10.1. The second kappa shape index (κ2) is 5.51. The molecule has 2 heterocycles. The highest BCUT2D eigenvalue weighted by atomic mass is 16.2. The summed E-state index contributed by atoms with van der Waals surface area (Å²) in [6.07, 6.45) is 2.48. The second-order valence-corrected chi connectivity index (χ2v) is 4.35. The number of aromatic amines is 1. The average molecular weight is 259 g/mol. The molecular weight excluding hydrogens is 242 g/mol. The van der Waals surface area contributed by atoms with Crippen LogP contribution in [0.1, 0.15) is 41.1 Å². The number of hydrogen-bond acceptors (Lipinski definition) is 4. The fourth-order valence-electron chi connectivity index (χ4n) is 1.92. The molecular formula is C13H17N5O. The fraction of sp³-hybridized carbons (Fsp3) is 0.308. The molecule has 0 fully saturated rings. The molecule has 19 heavy (non-hydrogen) atoms. The molecule has 2 aromatic heterocycles. The molecule has 6 heteroatoms. The third-order valence-electron chi connectivity index (χ3n) is 2.94. The first-order valence-corrected chi connectivity index (χ1v) is 6.15. The number of H-pyrrole nitrogens is 1. The van der Waals surface area contributed by atoms with Gasteiger partial charge in [-0.25, -0.2) is 0 Å². The summed E-state index contributed by atoms with van der Waals surface area (Å²) in [4.78, 5) is 16.4. The first kappa shape index (κ1) is 13.1. The van der Waals surface area contributed by atoms with Gasteiger partial charge in [0.25, 0.3) is 5.91 Å². The van der Waals surface area contributed by atoms with E-state index in [-0.39, 0.29) is 11.9 Å². The predicted octanol–water partition coefficient (Wildman–Crippen LogP) is 1.58. The maximum atomic E-state index is 12.0. The molecule has 0 aliphatic carbocycles. The molecule has 0 aromatic carbocycles. The number of amides is 1. The van der Waals surface area contributed by atoms with E-state index in [0.29, 0.717) is 11.5 Å². The molecule has 0 radical (unpaired) electrons. The van der Waals surface area contributed by atoms with Crippen molar-refractivity contribution >= 4 is 11.7 Å². The van der Waals surface area contributed by atoms with Crippen molar-refractivity contribution in [2.24, 2.45) is 0 Å². The molecule has 4 N–H and O–H groups in total. The van der Waals surface area contributed by atoms with E-state index in [0.717, 1.165) is 17.7 Å². The second-order valence-electron chi connectivity index (χ2n) is 4.35. The van der Waals surface area contributed by atoms with Crippen molar-refractivity contribution in [1.82, 2.24) is 20.5 Å². The molecule has 0 saturated carbocycles. The third kappa shape index (κ3) is 2.90. The van der Waals surface area contributed by atoms with Gasteiger partial charge in [-0.2, -0.15) is 5.10 Å². The maximum absolute atomic E-state index is 12.0. The van der Waals surface area contributed by atoms with E-state index < -0.39 is 0 Å². The summed E-state index contributed by atoms with van der Waals surface area (Å²) in [6.45, 7) is 3.98. The van der Waals surface area contributed by atoms with Crippen molar-refractivity contribution in [2.75, 3.05) is 5.73 Å². The number of pyridine rings is 1. The van der Waals surface area contributed by atoms with E-state index in [1.165, 1.54) is 6.07 Å². The smallest absolute Gasteiger partial charge is 0.269 e. The van der Waals surface area contributed by atoms with Crippen LogP contribution in [0.5, 0.6) is 0 Å². The Balaban J connectivity index is 2.16. The van der Waals surface area contributed by atoms with Gasteiger partial charge in [0.15, 0.2) is 0 Å². The number of nitrogen functional groups attached to an aromatic ring is 1. The monoisotopic (exact) mass is 259 g/mol. The molecule has 100 valence electrons. The van der Waals surface area contributed by atoms with E-state index in [9.17, 15) is 4.79 Å². The number of anilines is 1. The first-order chi connectivity index (χ1) is 9.11. The lowest BCUT2D eigenvalue weighted by molar-refractivity contribution is 0.0929. The zero-order valence-corrected chi connectivity index (χ0v) is 11.0. The Bertz CT molecular complexity index is 578. The van der Waals surface area contributed by atoms with Crippen LogP contribution < -0.4 is 11.1 Å². The number of aromatic nitrogens is 3. The molecule has 0 aliphatic rings. The van der Waals surface area contributed by atoms with Crippen LogP contribution in [-0.4, -0.2) is 21.1 Å². The number of carbonyl (C=O) groups is 1. The molecule has 0 aliphatic heterocycles. The van der Waals surface area contributed by atoms with Gasteiger partial charge in [-0.3, -0.25) is 14.9 Å². The van der Waals surface area contributed by atoms with Crippen molar-refractivity contribution < 1.29 is 4.79 Å². The highest BCUT2D eigenvalue weighted by Gasteiger charge is 2.17. The SMILES string of the molecule is CCC(NC(=O)c1cc(N)n[nH]1)c1ncccc1C. The highest BCUT2D eigenvalue weighted by Crippen LogP contribution is 2.18. The molecule has 0 saturated heterocycles. The van der Waals surface area contributed by atoms with Crippen molar-refractivity contribution in [3.63, 3.8) is 0 Å². The van der Waals surface area contributed by atoms with E-state index in [4.69, 9.17) is 5.73 Å². The quantitative estimate of drug-likeness (QED) is 0.776. The van der Waals surface area contributed by atoms with E-state index >= 15 is 0 Å². The molecule has 0 spiro atoms. The maximum Gasteiger partial charge on any atom is 0.269 e. The van der Waals surface area contributed by atoms with Gasteiger partial charge in [-0.05, 0) is 25.0 Å². The zero-order valence-electron chi connectivity index (χ0n) is 11.0. The van der Waals surface area contributed by atoms with Gasteiger partial charge in [0.1, 0.15) is 11.5 Å². The summed E-state index contributed by atoms with van der Waals surface area (Å²) in [5, 5.41) is 9.26. The van der Waals surface area contributed by atoms with Crippen molar-refractivity contribution in [3.05, 3.63) is 41.3 Å². The van der Waals surface area contributed by atoms with Crippen molar-refractivity contribution in [2.45, 2.75) is 26.3 Å². The van der Waals surface area contributed by atoms with Gasteiger partial charge in [-0.1, -0.05) is 13.0 Å². The largest absolute Gasteiger partial charge is 0.382 e. The number of carbonyl (C=O) groups excluding carboxylic acids is 1. The van der Waals surface area contributed by atoms with Gasteiger partial charge in [0.2, 0.25) is 0 Å². The van der Waals surface area contributed by atoms with Crippen LogP contribution in [0.2, 0.25) is 0 Å². The summed E-state index contributed by atoms with van der Waals surface area (Å²) >= 11 is 0. The van der Waals surface area contributed by atoms with Gasteiger partial charge < -0.3 is 11.1 Å². The minimum Gasteiger partial charge on any atom is -0.382 e. The molecule has 1 unspecified atom stereocenters. The first-order valence-electron chi connectivity index (χ1n) is 6.15. The summed E-state index contributed by atoms with van der Waals surface area (Å²) in [6, 6.07) is 5.24. The van der Waals surface area contributed by atoms with E-state index in [1.807, 2.05) is 26.0 Å². The number of aryl methyl sites for hydroxylation is 1. The summed E-state index contributed by atoms with van der Waals surface area (Å²) in [5.74, 6) is 0.0633. The minimum atomic E-state index is -0.235. The Morgan fingerprint density at radius 1 is 1.58 bits per heavy atom. The number of hydrogen-bond donors (Lipinski definition) is 3. The van der Waals surface area contributed by atoms with Crippen molar-refractivity contribution in [1.29, 1.82) is 0 Å². The number of rotatable bonds is 4.